The van der Waals surface area contributed by atoms with E-state index >= 15 is 0 Å². The fourth-order valence-corrected chi connectivity index (χ4v) is 1.71. The Morgan fingerprint density at radius 3 is 2.93 bits per heavy atom. The van der Waals surface area contributed by atoms with Gasteiger partial charge in [-0.2, -0.15) is 5.26 Å². The standard InChI is InChI=1S/C9H13N3OS/c1-7-4-13-8(12-7)14-6-9(2,5-10)11-3/h4,11H,6H2,1-3H3. The van der Waals surface area contributed by atoms with Crippen LogP contribution in [0.5, 0.6) is 0 Å². The van der Waals surface area contributed by atoms with Crippen molar-refractivity contribution in [1.82, 2.24) is 10.3 Å². The van der Waals surface area contributed by atoms with Gasteiger partial charge >= 0.3 is 0 Å². The van der Waals surface area contributed by atoms with Gasteiger partial charge in [-0.3, -0.25) is 0 Å². The summed E-state index contributed by atoms with van der Waals surface area (Å²) in [4.78, 5) is 4.14. The van der Waals surface area contributed by atoms with Gasteiger partial charge in [0, 0.05) is 5.75 Å². The topological polar surface area (TPSA) is 61.9 Å². The minimum absolute atomic E-state index is 0.535. The summed E-state index contributed by atoms with van der Waals surface area (Å²) in [6, 6.07) is 2.20. The lowest BCUT2D eigenvalue weighted by Crippen LogP contribution is -2.40. The second kappa shape index (κ2) is 4.49. The molecular formula is C9H13N3OS. The molecule has 76 valence electrons. The number of nitrogens with zero attached hydrogens (tertiary/aromatic N) is 2. The van der Waals surface area contributed by atoms with Crippen LogP contribution in [0.15, 0.2) is 15.9 Å². The molecular weight excluding hydrogens is 198 g/mol. The molecule has 0 bridgehead atoms. The second-order valence-corrected chi connectivity index (χ2v) is 4.16. The normalized spacial score (nSPS) is 14.7. The van der Waals surface area contributed by atoms with Gasteiger partial charge in [-0.25, -0.2) is 4.98 Å². The summed E-state index contributed by atoms with van der Waals surface area (Å²) < 4.78 is 5.16. The van der Waals surface area contributed by atoms with Crippen molar-refractivity contribution in [3.8, 4) is 6.07 Å². The third kappa shape index (κ3) is 2.76. The highest BCUT2D eigenvalue weighted by molar-refractivity contribution is 7.99. The summed E-state index contributed by atoms with van der Waals surface area (Å²) in [5.41, 5.74) is 0.322. The molecule has 1 unspecified atom stereocenters. The van der Waals surface area contributed by atoms with Gasteiger partial charge in [0.25, 0.3) is 5.22 Å². The van der Waals surface area contributed by atoms with Crippen molar-refractivity contribution in [2.45, 2.75) is 24.6 Å². The maximum absolute atomic E-state index is 8.89. The second-order valence-electron chi connectivity index (χ2n) is 3.24. The van der Waals surface area contributed by atoms with Crippen LogP contribution in [-0.2, 0) is 0 Å². The SMILES string of the molecule is CNC(C)(C#N)CSc1nc(C)co1. The molecule has 1 atom stereocenters. The Balaban J connectivity index is 2.52. The van der Waals surface area contributed by atoms with Crippen LogP contribution in [0.2, 0.25) is 0 Å². The number of nitrogens with one attached hydrogen (secondary N) is 1. The Kier molecular flexibility index (Phi) is 3.55. The first-order valence-corrected chi connectivity index (χ1v) is 5.23. The molecule has 1 heterocycles. The zero-order valence-electron chi connectivity index (χ0n) is 8.50. The molecule has 1 rings (SSSR count). The van der Waals surface area contributed by atoms with Gasteiger partial charge in [-0.1, -0.05) is 11.8 Å². The Hall–Kier alpha value is -0.990. The van der Waals surface area contributed by atoms with E-state index in [1.165, 1.54) is 11.8 Å². The maximum atomic E-state index is 8.89. The van der Waals surface area contributed by atoms with E-state index in [1.54, 1.807) is 13.3 Å². The van der Waals surface area contributed by atoms with Crippen LogP contribution < -0.4 is 5.32 Å². The highest BCUT2D eigenvalue weighted by Crippen LogP contribution is 2.21. The van der Waals surface area contributed by atoms with E-state index in [0.29, 0.717) is 11.0 Å². The number of aryl methyl sites for hydroxylation is 1. The van der Waals surface area contributed by atoms with Gasteiger partial charge in [0.05, 0.1) is 11.8 Å². The summed E-state index contributed by atoms with van der Waals surface area (Å²) >= 11 is 1.43. The summed E-state index contributed by atoms with van der Waals surface area (Å²) in [6.07, 6.45) is 1.60. The van der Waals surface area contributed by atoms with Crippen LogP contribution in [-0.4, -0.2) is 23.3 Å². The fraction of sp³-hybridized carbons (Fsp3) is 0.556. The van der Waals surface area contributed by atoms with E-state index in [-0.39, 0.29) is 0 Å². The number of aromatic nitrogens is 1. The molecule has 0 saturated carbocycles. The van der Waals surface area contributed by atoms with E-state index in [1.807, 2.05) is 13.8 Å². The Morgan fingerprint density at radius 1 is 1.79 bits per heavy atom. The first-order chi connectivity index (χ1) is 6.59. The first-order valence-electron chi connectivity index (χ1n) is 4.25. The van der Waals surface area contributed by atoms with Crippen LogP contribution in [0.1, 0.15) is 12.6 Å². The minimum atomic E-state index is -0.535. The molecule has 0 aromatic carbocycles. The number of thioether (sulfide) groups is 1. The summed E-state index contributed by atoms with van der Waals surface area (Å²) in [5.74, 6) is 0.611. The van der Waals surface area contributed by atoms with Crippen LogP contribution >= 0.6 is 11.8 Å². The van der Waals surface area contributed by atoms with E-state index in [2.05, 4.69) is 16.4 Å². The zero-order valence-corrected chi connectivity index (χ0v) is 9.31. The smallest absolute Gasteiger partial charge is 0.255 e. The van der Waals surface area contributed by atoms with Gasteiger partial charge in [0.1, 0.15) is 11.8 Å². The quantitative estimate of drug-likeness (QED) is 0.766. The lowest BCUT2D eigenvalue weighted by molar-refractivity contribution is 0.451. The summed E-state index contributed by atoms with van der Waals surface area (Å²) in [5, 5.41) is 12.5. The number of nitriles is 1. The van der Waals surface area contributed by atoms with Crippen molar-refractivity contribution >= 4 is 11.8 Å². The van der Waals surface area contributed by atoms with Gasteiger partial charge in [0.15, 0.2) is 0 Å². The van der Waals surface area contributed by atoms with E-state index < -0.39 is 5.54 Å². The molecule has 0 fully saturated rings. The molecule has 1 N–H and O–H groups in total. The van der Waals surface area contributed by atoms with Crippen molar-refractivity contribution in [2.24, 2.45) is 0 Å². The summed E-state index contributed by atoms with van der Waals surface area (Å²) in [6.45, 7) is 3.71. The molecule has 5 heteroatoms. The third-order valence-electron chi connectivity index (χ3n) is 1.88. The molecule has 0 spiro atoms. The zero-order chi connectivity index (χ0) is 10.6. The average molecular weight is 211 g/mol. The van der Waals surface area contributed by atoms with E-state index in [4.69, 9.17) is 9.68 Å². The average Bonchev–Trinajstić information content (AvgIpc) is 2.61. The lowest BCUT2D eigenvalue weighted by atomic mass is 10.1. The molecule has 0 aliphatic rings. The van der Waals surface area contributed by atoms with E-state index in [0.717, 1.165) is 5.69 Å². The predicted molar refractivity (Wildman–Crippen MR) is 55.0 cm³/mol. The molecule has 0 aliphatic heterocycles. The summed E-state index contributed by atoms with van der Waals surface area (Å²) in [7, 11) is 1.77. The van der Waals surface area contributed by atoms with Crippen LogP contribution in [0, 0.1) is 18.3 Å². The van der Waals surface area contributed by atoms with Gasteiger partial charge in [0.2, 0.25) is 0 Å². The first kappa shape index (κ1) is 11.1. The molecule has 0 aliphatic carbocycles. The van der Waals surface area contributed by atoms with Crippen molar-refractivity contribution < 1.29 is 4.42 Å². The van der Waals surface area contributed by atoms with Gasteiger partial charge in [-0.05, 0) is 20.9 Å². The Morgan fingerprint density at radius 2 is 2.50 bits per heavy atom. The van der Waals surface area contributed by atoms with Crippen molar-refractivity contribution in [3.63, 3.8) is 0 Å². The molecule has 4 nitrogen and oxygen atoms in total. The number of oxazole rings is 1. The number of rotatable bonds is 4. The Bertz CT molecular complexity index is 344. The van der Waals surface area contributed by atoms with Crippen LogP contribution in [0.4, 0.5) is 0 Å². The molecule has 1 aromatic rings. The van der Waals surface area contributed by atoms with Crippen molar-refractivity contribution in [2.75, 3.05) is 12.8 Å². The van der Waals surface area contributed by atoms with Crippen LogP contribution in [0.3, 0.4) is 0 Å². The van der Waals surface area contributed by atoms with Crippen molar-refractivity contribution in [1.29, 1.82) is 5.26 Å². The minimum Gasteiger partial charge on any atom is -0.440 e. The van der Waals surface area contributed by atoms with Crippen molar-refractivity contribution in [3.05, 3.63) is 12.0 Å². The number of hydrogen-bond donors (Lipinski definition) is 1. The largest absolute Gasteiger partial charge is 0.440 e. The van der Waals surface area contributed by atoms with Gasteiger partial charge in [-0.15, -0.1) is 0 Å². The predicted octanol–water partition coefficient (Wildman–Crippen LogP) is 1.58. The monoisotopic (exact) mass is 211 g/mol. The molecule has 0 radical (unpaired) electrons. The third-order valence-corrected chi connectivity index (χ3v) is 3.04. The van der Waals surface area contributed by atoms with Gasteiger partial charge < -0.3 is 9.73 Å². The molecule has 14 heavy (non-hydrogen) atoms. The molecule has 1 aromatic heterocycles. The number of hydrogen-bond acceptors (Lipinski definition) is 5. The molecule has 0 amide bonds. The van der Waals surface area contributed by atoms with E-state index in [9.17, 15) is 0 Å². The Labute approximate surface area is 87.7 Å². The lowest BCUT2D eigenvalue weighted by Gasteiger charge is -2.18. The van der Waals surface area contributed by atoms with Crippen LogP contribution in [0.25, 0.3) is 0 Å². The maximum Gasteiger partial charge on any atom is 0.255 e. The highest BCUT2D eigenvalue weighted by atomic mass is 32.2. The highest BCUT2D eigenvalue weighted by Gasteiger charge is 2.22. The fourth-order valence-electron chi connectivity index (χ4n) is 0.765. The molecule has 0 saturated heterocycles.